The number of piperazine rings is 1. The molecular weight excluding hydrogens is 268 g/mol. The number of ether oxygens (including phenoxy) is 3. The molecule has 0 radical (unpaired) electrons. The zero-order valence-electron chi connectivity index (χ0n) is 13.7. The maximum atomic E-state index is 5.56. The third kappa shape index (κ3) is 3.41. The Balaban J connectivity index is 2.20. The second-order valence-electron chi connectivity index (χ2n) is 5.56. The molecule has 1 heterocycles. The summed E-state index contributed by atoms with van der Waals surface area (Å²) >= 11 is 0. The van der Waals surface area contributed by atoms with E-state index in [1.165, 1.54) is 0 Å². The van der Waals surface area contributed by atoms with Crippen LogP contribution in [0.15, 0.2) is 12.1 Å². The smallest absolute Gasteiger partial charge is 0.203 e. The maximum Gasteiger partial charge on any atom is 0.203 e. The molecule has 1 aliphatic rings. The summed E-state index contributed by atoms with van der Waals surface area (Å²) in [4.78, 5) is 4.84. The number of hydrogen-bond donors (Lipinski definition) is 0. The van der Waals surface area contributed by atoms with Crippen molar-refractivity contribution in [2.75, 3.05) is 48.0 Å². The van der Waals surface area contributed by atoms with Crippen molar-refractivity contribution in [3.05, 3.63) is 17.7 Å². The van der Waals surface area contributed by atoms with E-state index in [2.05, 4.69) is 29.8 Å². The van der Waals surface area contributed by atoms with Crippen LogP contribution in [0.3, 0.4) is 0 Å². The van der Waals surface area contributed by atoms with Crippen LogP contribution in [0.25, 0.3) is 0 Å². The summed E-state index contributed by atoms with van der Waals surface area (Å²) in [6, 6.07) is 4.57. The van der Waals surface area contributed by atoms with Crippen LogP contribution < -0.4 is 14.2 Å². The van der Waals surface area contributed by atoms with Gasteiger partial charge in [0.25, 0.3) is 0 Å². The quantitative estimate of drug-likeness (QED) is 0.828. The second-order valence-corrected chi connectivity index (χ2v) is 5.56. The van der Waals surface area contributed by atoms with Crippen molar-refractivity contribution in [3.63, 3.8) is 0 Å². The minimum atomic E-state index is 0.574. The number of benzene rings is 1. The Bertz CT molecular complexity index is 479. The van der Waals surface area contributed by atoms with E-state index < -0.39 is 0 Å². The first-order valence-electron chi connectivity index (χ1n) is 7.31. The van der Waals surface area contributed by atoms with E-state index >= 15 is 0 Å². The van der Waals surface area contributed by atoms with Crippen LogP contribution in [0, 0.1) is 0 Å². The normalized spacial score (nSPS) is 20.3. The van der Waals surface area contributed by atoms with Gasteiger partial charge in [-0.25, -0.2) is 0 Å². The van der Waals surface area contributed by atoms with E-state index in [1.54, 1.807) is 21.3 Å². The number of methoxy groups -OCH3 is 3. The van der Waals surface area contributed by atoms with Crippen LogP contribution in [0.5, 0.6) is 17.2 Å². The molecule has 0 amide bonds. The average Bonchev–Trinajstić information content (AvgIpc) is 2.50. The summed E-state index contributed by atoms with van der Waals surface area (Å²) in [6.07, 6.45) is 0. The summed E-state index contributed by atoms with van der Waals surface area (Å²) < 4.78 is 16.3. The highest BCUT2D eigenvalue weighted by atomic mass is 16.5. The van der Waals surface area contributed by atoms with E-state index in [1.807, 2.05) is 6.07 Å². The first-order valence-corrected chi connectivity index (χ1v) is 7.31. The summed E-state index contributed by atoms with van der Waals surface area (Å²) in [5.74, 6) is 2.13. The summed E-state index contributed by atoms with van der Waals surface area (Å²) in [7, 11) is 7.13. The topological polar surface area (TPSA) is 34.2 Å². The number of rotatable bonds is 5. The molecule has 1 aromatic carbocycles. The first-order chi connectivity index (χ1) is 10.1. The fraction of sp³-hybridized carbons (Fsp3) is 0.625. The van der Waals surface area contributed by atoms with E-state index in [0.717, 1.165) is 37.5 Å². The monoisotopic (exact) mass is 294 g/mol. The van der Waals surface area contributed by atoms with Gasteiger partial charge in [0.15, 0.2) is 11.5 Å². The molecule has 0 aromatic heterocycles. The average molecular weight is 294 g/mol. The van der Waals surface area contributed by atoms with Gasteiger partial charge in [-0.05, 0) is 20.0 Å². The molecule has 5 nitrogen and oxygen atoms in total. The van der Waals surface area contributed by atoms with Gasteiger partial charge in [-0.3, -0.25) is 4.90 Å². The molecule has 1 aromatic rings. The number of hydrogen-bond acceptors (Lipinski definition) is 5. The molecule has 118 valence electrons. The Kier molecular flexibility index (Phi) is 5.31. The Hall–Kier alpha value is -1.46. The van der Waals surface area contributed by atoms with E-state index in [-0.39, 0.29) is 0 Å². The lowest BCUT2D eigenvalue weighted by Crippen LogP contribution is -2.49. The predicted molar refractivity (Wildman–Crippen MR) is 83.5 cm³/mol. The molecule has 5 heteroatoms. The third-order valence-corrected chi connectivity index (χ3v) is 4.22. The highest BCUT2D eigenvalue weighted by Crippen LogP contribution is 2.40. The Morgan fingerprint density at radius 2 is 1.76 bits per heavy atom. The molecule has 0 unspecified atom stereocenters. The molecule has 1 saturated heterocycles. The lowest BCUT2D eigenvalue weighted by atomic mass is 10.1. The van der Waals surface area contributed by atoms with Gasteiger partial charge in [-0.2, -0.15) is 0 Å². The Morgan fingerprint density at radius 3 is 2.33 bits per heavy atom. The van der Waals surface area contributed by atoms with E-state index in [4.69, 9.17) is 14.2 Å². The molecule has 2 rings (SSSR count). The molecule has 0 N–H and O–H groups in total. The highest BCUT2D eigenvalue weighted by Gasteiger charge is 2.23. The minimum Gasteiger partial charge on any atom is -0.493 e. The lowest BCUT2D eigenvalue weighted by Gasteiger charge is -2.37. The summed E-state index contributed by atoms with van der Waals surface area (Å²) in [5, 5.41) is 0. The zero-order valence-corrected chi connectivity index (χ0v) is 13.7. The molecule has 1 atom stereocenters. The second kappa shape index (κ2) is 7.00. The molecule has 21 heavy (non-hydrogen) atoms. The van der Waals surface area contributed by atoms with Crippen molar-refractivity contribution < 1.29 is 14.2 Å². The van der Waals surface area contributed by atoms with E-state index in [0.29, 0.717) is 17.5 Å². The lowest BCUT2D eigenvalue weighted by molar-refractivity contribution is 0.0992. The van der Waals surface area contributed by atoms with Crippen molar-refractivity contribution in [3.8, 4) is 17.2 Å². The summed E-state index contributed by atoms with van der Waals surface area (Å²) in [6.45, 7) is 6.35. The van der Waals surface area contributed by atoms with Crippen LogP contribution in [0.1, 0.15) is 12.5 Å². The van der Waals surface area contributed by atoms with Gasteiger partial charge in [0, 0.05) is 37.8 Å². The van der Waals surface area contributed by atoms with Gasteiger partial charge in [-0.15, -0.1) is 0 Å². The summed E-state index contributed by atoms with van der Waals surface area (Å²) in [5.41, 5.74) is 1.13. The van der Waals surface area contributed by atoms with Crippen LogP contribution in [0.4, 0.5) is 0 Å². The minimum absolute atomic E-state index is 0.574. The maximum absolute atomic E-state index is 5.56. The van der Waals surface area contributed by atoms with Gasteiger partial charge in [0.2, 0.25) is 5.75 Å². The fourth-order valence-electron chi connectivity index (χ4n) is 2.80. The van der Waals surface area contributed by atoms with Gasteiger partial charge in [0.1, 0.15) is 0 Å². The van der Waals surface area contributed by atoms with Crippen LogP contribution in [0.2, 0.25) is 0 Å². The highest BCUT2D eigenvalue weighted by molar-refractivity contribution is 5.55. The molecule has 1 aliphatic heterocycles. The van der Waals surface area contributed by atoms with Crippen LogP contribution >= 0.6 is 0 Å². The molecule has 1 fully saturated rings. The van der Waals surface area contributed by atoms with Crippen molar-refractivity contribution in [1.29, 1.82) is 0 Å². The van der Waals surface area contributed by atoms with Gasteiger partial charge in [0.05, 0.1) is 21.3 Å². The number of nitrogens with zero attached hydrogens (tertiary/aromatic N) is 2. The molecule has 0 spiro atoms. The van der Waals surface area contributed by atoms with Gasteiger partial charge < -0.3 is 19.1 Å². The largest absolute Gasteiger partial charge is 0.493 e. The van der Waals surface area contributed by atoms with E-state index in [9.17, 15) is 0 Å². The third-order valence-electron chi connectivity index (χ3n) is 4.22. The molecule has 0 saturated carbocycles. The molecule has 0 aliphatic carbocycles. The first kappa shape index (κ1) is 15.9. The molecular formula is C16H26N2O3. The van der Waals surface area contributed by atoms with Crippen LogP contribution in [-0.2, 0) is 6.54 Å². The Morgan fingerprint density at radius 1 is 1.05 bits per heavy atom. The van der Waals surface area contributed by atoms with Gasteiger partial charge in [-0.1, -0.05) is 6.07 Å². The predicted octanol–water partition coefficient (Wildman–Crippen LogP) is 1.85. The van der Waals surface area contributed by atoms with Gasteiger partial charge >= 0.3 is 0 Å². The standard InChI is InChI=1S/C16H26N2O3/c1-12-10-18(9-8-17(12)2)11-13-6-7-14(19-3)16(21-5)15(13)20-4/h6-7,12H,8-11H2,1-5H3/t12-/m1/s1. The molecule has 0 bridgehead atoms. The number of likely N-dealkylation sites (N-methyl/N-ethyl adjacent to an activating group) is 1. The van der Waals surface area contributed by atoms with Crippen LogP contribution in [-0.4, -0.2) is 63.9 Å². The Labute approximate surface area is 127 Å². The zero-order chi connectivity index (χ0) is 15.4. The fourth-order valence-corrected chi connectivity index (χ4v) is 2.80. The van der Waals surface area contributed by atoms with Crippen molar-refractivity contribution in [1.82, 2.24) is 9.80 Å². The van der Waals surface area contributed by atoms with Crippen molar-refractivity contribution >= 4 is 0 Å². The van der Waals surface area contributed by atoms with Crippen molar-refractivity contribution in [2.24, 2.45) is 0 Å². The van der Waals surface area contributed by atoms with Crippen molar-refractivity contribution in [2.45, 2.75) is 19.5 Å². The SMILES string of the molecule is COc1ccc(CN2CCN(C)[C@H](C)C2)c(OC)c1OC.